The summed E-state index contributed by atoms with van der Waals surface area (Å²) in [6, 6.07) is 11.2. The van der Waals surface area contributed by atoms with Crippen molar-refractivity contribution in [2.75, 3.05) is 13.1 Å². The van der Waals surface area contributed by atoms with E-state index in [2.05, 4.69) is 65.0 Å². The van der Waals surface area contributed by atoms with Crippen molar-refractivity contribution in [1.29, 1.82) is 0 Å². The van der Waals surface area contributed by atoms with Gasteiger partial charge >= 0.3 is 0 Å². The summed E-state index contributed by atoms with van der Waals surface area (Å²) in [6.07, 6.45) is 9.08. The lowest BCUT2D eigenvalue weighted by molar-refractivity contribution is 0.167. The molecule has 128 valence electrons. The summed E-state index contributed by atoms with van der Waals surface area (Å²) in [4.78, 5) is 7.16. The number of nitrogens with zero attached hydrogens (tertiary/aromatic N) is 3. The maximum atomic E-state index is 4.48. The van der Waals surface area contributed by atoms with Gasteiger partial charge in [-0.3, -0.25) is 4.90 Å². The zero-order chi connectivity index (χ0) is 16.6. The minimum absolute atomic E-state index is 0.493. The lowest BCUT2D eigenvalue weighted by atomic mass is 9.66. The van der Waals surface area contributed by atoms with Gasteiger partial charge in [-0.05, 0) is 30.7 Å². The predicted octanol–water partition coefficient (Wildman–Crippen LogP) is 4.28. The standard InChI is InChI=1S/C21H29N3/c1-17-22-13-19(23(17)2)14-24-15-20(18-9-5-3-6-10-18)21(16-24)11-7-4-8-12-21/h3,5-6,9-10,13,20H,4,7-8,11-12,14-16H2,1-2H3. The molecule has 4 rings (SSSR count). The molecule has 3 nitrogen and oxygen atoms in total. The molecule has 0 bridgehead atoms. The first-order valence-electron chi connectivity index (χ1n) is 9.42. The molecule has 2 aliphatic rings. The van der Waals surface area contributed by atoms with Crippen molar-refractivity contribution in [3.8, 4) is 0 Å². The van der Waals surface area contributed by atoms with Crippen LogP contribution in [0, 0.1) is 12.3 Å². The zero-order valence-corrected chi connectivity index (χ0v) is 15.0. The first kappa shape index (κ1) is 15.9. The molecule has 2 fully saturated rings. The highest BCUT2D eigenvalue weighted by Gasteiger charge is 2.47. The fourth-order valence-electron chi connectivity index (χ4n) is 5.02. The molecule has 24 heavy (non-hydrogen) atoms. The summed E-state index contributed by atoms with van der Waals surface area (Å²) in [5.74, 6) is 1.80. The molecule has 2 heterocycles. The minimum Gasteiger partial charge on any atom is -0.334 e. The van der Waals surface area contributed by atoms with Crippen molar-refractivity contribution in [2.45, 2.75) is 51.5 Å². The summed E-state index contributed by atoms with van der Waals surface area (Å²) in [6.45, 7) is 5.55. The van der Waals surface area contributed by atoms with Crippen LogP contribution in [0.2, 0.25) is 0 Å². The van der Waals surface area contributed by atoms with E-state index in [9.17, 15) is 0 Å². The Morgan fingerprint density at radius 1 is 1.12 bits per heavy atom. The van der Waals surface area contributed by atoms with Crippen LogP contribution in [0.15, 0.2) is 36.5 Å². The van der Waals surface area contributed by atoms with E-state index in [0.717, 1.165) is 12.4 Å². The molecule has 2 aromatic rings. The Bertz CT molecular complexity index is 682. The van der Waals surface area contributed by atoms with Crippen LogP contribution in [0.5, 0.6) is 0 Å². The molecular weight excluding hydrogens is 294 g/mol. The van der Waals surface area contributed by atoms with Crippen LogP contribution in [0.4, 0.5) is 0 Å². The molecule has 1 atom stereocenters. The van der Waals surface area contributed by atoms with Crippen LogP contribution in [-0.2, 0) is 13.6 Å². The van der Waals surface area contributed by atoms with Crippen molar-refractivity contribution >= 4 is 0 Å². The van der Waals surface area contributed by atoms with Gasteiger partial charge in [0.05, 0.1) is 5.69 Å². The van der Waals surface area contributed by atoms with Gasteiger partial charge in [0.1, 0.15) is 5.82 Å². The maximum absolute atomic E-state index is 4.48. The maximum Gasteiger partial charge on any atom is 0.105 e. The van der Waals surface area contributed by atoms with E-state index in [1.54, 1.807) is 5.56 Å². The van der Waals surface area contributed by atoms with Crippen molar-refractivity contribution in [2.24, 2.45) is 12.5 Å². The Kier molecular flexibility index (Phi) is 4.21. The fraction of sp³-hybridized carbons (Fsp3) is 0.571. The van der Waals surface area contributed by atoms with Gasteiger partial charge in [0.15, 0.2) is 0 Å². The van der Waals surface area contributed by atoms with E-state index >= 15 is 0 Å². The van der Waals surface area contributed by atoms with Crippen LogP contribution in [0.25, 0.3) is 0 Å². The third-order valence-corrected chi connectivity index (χ3v) is 6.47. The Morgan fingerprint density at radius 3 is 2.54 bits per heavy atom. The van der Waals surface area contributed by atoms with Gasteiger partial charge in [0, 0.05) is 38.8 Å². The topological polar surface area (TPSA) is 21.1 Å². The number of likely N-dealkylation sites (tertiary alicyclic amines) is 1. The van der Waals surface area contributed by atoms with Crippen LogP contribution in [-0.4, -0.2) is 27.5 Å². The van der Waals surface area contributed by atoms with Gasteiger partial charge in [0.25, 0.3) is 0 Å². The third kappa shape index (κ3) is 2.79. The van der Waals surface area contributed by atoms with Crippen LogP contribution >= 0.6 is 0 Å². The molecule has 0 N–H and O–H groups in total. The molecule has 1 aromatic heterocycles. The molecule has 3 heteroatoms. The SMILES string of the molecule is Cc1ncc(CN2CC(c3ccccc3)C3(CCCCC3)C2)n1C. The minimum atomic E-state index is 0.493. The van der Waals surface area contributed by atoms with Crippen molar-refractivity contribution in [1.82, 2.24) is 14.5 Å². The van der Waals surface area contributed by atoms with Gasteiger partial charge in [-0.1, -0.05) is 49.6 Å². The third-order valence-electron chi connectivity index (χ3n) is 6.47. The normalized spacial score (nSPS) is 23.8. The summed E-state index contributed by atoms with van der Waals surface area (Å²) in [5.41, 5.74) is 3.38. The van der Waals surface area contributed by atoms with E-state index in [-0.39, 0.29) is 0 Å². The van der Waals surface area contributed by atoms with E-state index in [4.69, 9.17) is 0 Å². The smallest absolute Gasteiger partial charge is 0.105 e. The lowest BCUT2D eigenvalue weighted by Gasteiger charge is -2.38. The molecule has 1 aliphatic heterocycles. The molecular formula is C21H29N3. The van der Waals surface area contributed by atoms with E-state index in [1.165, 1.54) is 50.9 Å². The quantitative estimate of drug-likeness (QED) is 0.840. The number of hydrogen-bond acceptors (Lipinski definition) is 2. The second-order valence-electron chi connectivity index (χ2n) is 7.91. The molecule has 0 radical (unpaired) electrons. The second kappa shape index (κ2) is 6.36. The van der Waals surface area contributed by atoms with Gasteiger partial charge in [-0.15, -0.1) is 0 Å². The van der Waals surface area contributed by atoms with Gasteiger partial charge in [-0.2, -0.15) is 0 Å². The molecule has 0 amide bonds. The summed E-state index contributed by atoms with van der Waals surface area (Å²) in [5, 5.41) is 0. The van der Waals surface area contributed by atoms with E-state index in [0.29, 0.717) is 11.3 Å². The highest BCUT2D eigenvalue weighted by molar-refractivity contribution is 5.25. The molecule has 1 aliphatic carbocycles. The molecule has 1 saturated heterocycles. The first-order chi connectivity index (χ1) is 11.7. The van der Waals surface area contributed by atoms with Crippen LogP contribution < -0.4 is 0 Å². The molecule has 1 unspecified atom stereocenters. The van der Waals surface area contributed by atoms with E-state index < -0.39 is 0 Å². The Hall–Kier alpha value is -1.61. The summed E-state index contributed by atoms with van der Waals surface area (Å²) < 4.78 is 2.24. The number of aryl methyl sites for hydroxylation is 1. The number of hydrogen-bond donors (Lipinski definition) is 0. The average molecular weight is 323 g/mol. The Morgan fingerprint density at radius 2 is 1.88 bits per heavy atom. The lowest BCUT2D eigenvalue weighted by Crippen LogP contribution is -2.32. The molecule has 1 saturated carbocycles. The summed E-state index contributed by atoms with van der Waals surface area (Å²) >= 11 is 0. The molecule has 1 aromatic carbocycles. The van der Waals surface area contributed by atoms with Crippen molar-refractivity contribution < 1.29 is 0 Å². The van der Waals surface area contributed by atoms with Gasteiger partial charge in [-0.25, -0.2) is 4.98 Å². The van der Waals surface area contributed by atoms with Crippen LogP contribution in [0.3, 0.4) is 0 Å². The highest BCUT2D eigenvalue weighted by Crippen LogP contribution is 2.52. The van der Waals surface area contributed by atoms with E-state index in [1.807, 2.05) is 0 Å². The summed E-state index contributed by atoms with van der Waals surface area (Å²) in [7, 11) is 2.14. The average Bonchev–Trinajstić information content (AvgIpc) is 3.11. The number of imidazole rings is 1. The zero-order valence-electron chi connectivity index (χ0n) is 15.0. The van der Waals surface area contributed by atoms with Gasteiger partial charge < -0.3 is 4.57 Å². The Balaban J connectivity index is 1.59. The number of rotatable bonds is 3. The fourth-order valence-corrected chi connectivity index (χ4v) is 5.02. The van der Waals surface area contributed by atoms with Gasteiger partial charge in [0.2, 0.25) is 0 Å². The predicted molar refractivity (Wildman–Crippen MR) is 97.9 cm³/mol. The first-order valence-corrected chi connectivity index (χ1v) is 9.42. The number of aromatic nitrogens is 2. The number of benzene rings is 1. The largest absolute Gasteiger partial charge is 0.334 e. The molecule has 1 spiro atoms. The Labute approximate surface area is 145 Å². The highest BCUT2D eigenvalue weighted by atomic mass is 15.2. The van der Waals surface area contributed by atoms with Crippen molar-refractivity contribution in [3.63, 3.8) is 0 Å². The second-order valence-corrected chi connectivity index (χ2v) is 7.91. The van der Waals surface area contributed by atoms with Crippen LogP contribution in [0.1, 0.15) is 55.1 Å². The monoisotopic (exact) mass is 323 g/mol. The van der Waals surface area contributed by atoms with Crippen molar-refractivity contribution in [3.05, 3.63) is 53.6 Å².